The van der Waals surface area contributed by atoms with Gasteiger partial charge in [-0.15, -0.1) is 0 Å². The van der Waals surface area contributed by atoms with E-state index in [1.165, 1.54) is 32.1 Å². The standard InChI is InChI=1S/C15H28N2O/c1-2-3-7-14(11-5-4-6-11)17-15(18)12-8-9-13(16)10-12/h11-14H,2-10,16H2,1H3,(H,17,18). The Balaban J connectivity index is 1.81. The van der Waals surface area contributed by atoms with E-state index in [1.807, 2.05) is 0 Å². The molecule has 0 saturated heterocycles. The van der Waals surface area contributed by atoms with Crippen LogP contribution in [-0.4, -0.2) is 18.0 Å². The van der Waals surface area contributed by atoms with E-state index in [4.69, 9.17) is 5.73 Å². The van der Waals surface area contributed by atoms with Crippen LogP contribution in [0.4, 0.5) is 0 Å². The molecule has 0 radical (unpaired) electrons. The summed E-state index contributed by atoms with van der Waals surface area (Å²) in [5, 5.41) is 3.32. The molecule has 1 amide bonds. The van der Waals surface area contributed by atoms with E-state index in [0.29, 0.717) is 6.04 Å². The summed E-state index contributed by atoms with van der Waals surface area (Å²) in [6.07, 6.45) is 10.4. The van der Waals surface area contributed by atoms with Crippen molar-refractivity contribution in [2.24, 2.45) is 17.6 Å². The molecule has 18 heavy (non-hydrogen) atoms. The van der Waals surface area contributed by atoms with E-state index >= 15 is 0 Å². The van der Waals surface area contributed by atoms with Gasteiger partial charge in [0, 0.05) is 18.0 Å². The number of unbranched alkanes of at least 4 members (excludes halogenated alkanes) is 1. The van der Waals surface area contributed by atoms with Crippen molar-refractivity contribution >= 4 is 5.91 Å². The number of carbonyl (C=O) groups excluding carboxylic acids is 1. The van der Waals surface area contributed by atoms with E-state index in [9.17, 15) is 4.79 Å². The van der Waals surface area contributed by atoms with Gasteiger partial charge in [-0.25, -0.2) is 0 Å². The van der Waals surface area contributed by atoms with Gasteiger partial charge in [0.25, 0.3) is 0 Å². The minimum atomic E-state index is 0.184. The van der Waals surface area contributed by atoms with Crippen molar-refractivity contribution in [3.63, 3.8) is 0 Å². The van der Waals surface area contributed by atoms with Gasteiger partial charge in [0.2, 0.25) is 5.91 Å². The molecular formula is C15H28N2O. The van der Waals surface area contributed by atoms with E-state index in [0.717, 1.165) is 31.6 Å². The Kier molecular flexibility index (Phi) is 5.04. The Bertz CT molecular complexity index is 276. The van der Waals surface area contributed by atoms with E-state index < -0.39 is 0 Å². The van der Waals surface area contributed by atoms with Crippen molar-refractivity contribution in [3.05, 3.63) is 0 Å². The summed E-state index contributed by atoms with van der Waals surface area (Å²) in [4.78, 5) is 12.2. The van der Waals surface area contributed by atoms with Crippen LogP contribution in [0.15, 0.2) is 0 Å². The summed E-state index contributed by atoms with van der Waals surface area (Å²) in [6.45, 7) is 2.22. The summed E-state index contributed by atoms with van der Waals surface area (Å²) < 4.78 is 0. The van der Waals surface area contributed by atoms with E-state index in [-0.39, 0.29) is 17.9 Å². The maximum absolute atomic E-state index is 12.2. The molecule has 0 bridgehead atoms. The summed E-state index contributed by atoms with van der Waals surface area (Å²) >= 11 is 0. The van der Waals surface area contributed by atoms with E-state index in [1.54, 1.807) is 0 Å². The largest absolute Gasteiger partial charge is 0.353 e. The first-order chi connectivity index (χ1) is 8.70. The van der Waals surface area contributed by atoms with Gasteiger partial charge in [0.1, 0.15) is 0 Å². The third kappa shape index (κ3) is 3.47. The lowest BCUT2D eigenvalue weighted by Crippen LogP contribution is -2.45. The fraction of sp³-hybridized carbons (Fsp3) is 0.933. The van der Waals surface area contributed by atoms with Gasteiger partial charge in [-0.1, -0.05) is 26.2 Å². The molecule has 0 spiro atoms. The third-order valence-electron chi connectivity index (χ3n) is 4.76. The van der Waals surface area contributed by atoms with Gasteiger partial charge in [0.15, 0.2) is 0 Å². The fourth-order valence-electron chi connectivity index (χ4n) is 3.25. The molecule has 3 N–H and O–H groups in total. The van der Waals surface area contributed by atoms with Crippen LogP contribution in [0.25, 0.3) is 0 Å². The average Bonchev–Trinajstić information content (AvgIpc) is 2.70. The molecule has 0 heterocycles. The van der Waals surface area contributed by atoms with Gasteiger partial charge in [-0.2, -0.15) is 0 Å². The SMILES string of the molecule is CCCCC(NC(=O)C1CCC(N)C1)C1CCC1. The monoisotopic (exact) mass is 252 g/mol. The fourth-order valence-corrected chi connectivity index (χ4v) is 3.25. The van der Waals surface area contributed by atoms with Crippen molar-refractivity contribution < 1.29 is 4.79 Å². The molecule has 3 atom stereocenters. The van der Waals surface area contributed by atoms with Crippen molar-refractivity contribution in [1.82, 2.24) is 5.32 Å². The Morgan fingerprint density at radius 3 is 2.61 bits per heavy atom. The molecule has 3 unspecified atom stereocenters. The lowest BCUT2D eigenvalue weighted by atomic mass is 9.78. The smallest absolute Gasteiger partial charge is 0.223 e. The molecule has 104 valence electrons. The van der Waals surface area contributed by atoms with Crippen LogP contribution in [0.5, 0.6) is 0 Å². The predicted octanol–water partition coefficient (Wildman–Crippen LogP) is 2.59. The van der Waals surface area contributed by atoms with Gasteiger partial charge >= 0.3 is 0 Å². The zero-order chi connectivity index (χ0) is 13.0. The van der Waals surface area contributed by atoms with Gasteiger partial charge < -0.3 is 11.1 Å². The lowest BCUT2D eigenvalue weighted by molar-refractivity contribution is -0.126. The number of hydrogen-bond donors (Lipinski definition) is 2. The Morgan fingerprint density at radius 2 is 2.11 bits per heavy atom. The highest BCUT2D eigenvalue weighted by Crippen LogP contribution is 2.32. The second-order valence-corrected chi connectivity index (χ2v) is 6.22. The molecule has 3 nitrogen and oxygen atoms in total. The van der Waals surface area contributed by atoms with Crippen molar-refractivity contribution in [3.8, 4) is 0 Å². The van der Waals surface area contributed by atoms with E-state index in [2.05, 4.69) is 12.2 Å². The number of nitrogens with two attached hydrogens (primary N) is 1. The maximum atomic E-state index is 12.2. The van der Waals surface area contributed by atoms with Crippen LogP contribution in [0.2, 0.25) is 0 Å². The Morgan fingerprint density at radius 1 is 1.33 bits per heavy atom. The highest BCUT2D eigenvalue weighted by molar-refractivity contribution is 5.79. The second kappa shape index (κ2) is 6.55. The number of nitrogens with one attached hydrogen (secondary N) is 1. The Hall–Kier alpha value is -0.570. The van der Waals surface area contributed by atoms with Crippen LogP contribution < -0.4 is 11.1 Å². The topological polar surface area (TPSA) is 55.1 Å². The average molecular weight is 252 g/mol. The zero-order valence-electron chi connectivity index (χ0n) is 11.7. The van der Waals surface area contributed by atoms with Crippen LogP contribution in [0.3, 0.4) is 0 Å². The molecule has 2 aliphatic rings. The molecule has 0 aromatic rings. The molecule has 0 aromatic heterocycles. The second-order valence-electron chi connectivity index (χ2n) is 6.22. The minimum Gasteiger partial charge on any atom is -0.353 e. The summed E-state index contributed by atoms with van der Waals surface area (Å²) in [5.41, 5.74) is 5.89. The molecule has 2 saturated carbocycles. The highest BCUT2D eigenvalue weighted by atomic mass is 16.1. The van der Waals surface area contributed by atoms with Crippen molar-refractivity contribution in [2.45, 2.75) is 76.8 Å². The molecule has 2 aliphatic carbocycles. The number of rotatable bonds is 6. The molecule has 0 aliphatic heterocycles. The minimum absolute atomic E-state index is 0.184. The van der Waals surface area contributed by atoms with Crippen LogP contribution in [-0.2, 0) is 4.79 Å². The third-order valence-corrected chi connectivity index (χ3v) is 4.76. The van der Waals surface area contributed by atoms with Crippen molar-refractivity contribution in [2.75, 3.05) is 0 Å². The maximum Gasteiger partial charge on any atom is 0.223 e. The number of carbonyl (C=O) groups is 1. The molecule has 0 aromatic carbocycles. The van der Waals surface area contributed by atoms with Gasteiger partial charge in [0.05, 0.1) is 0 Å². The normalized spacial score (nSPS) is 29.9. The first-order valence-electron chi connectivity index (χ1n) is 7.76. The molecule has 2 rings (SSSR count). The first-order valence-corrected chi connectivity index (χ1v) is 7.76. The lowest BCUT2D eigenvalue weighted by Gasteiger charge is -2.35. The molecule has 2 fully saturated rings. The van der Waals surface area contributed by atoms with Crippen LogP contribution in [0.1, 0.15) is 64.7 Å². The first kappa shape index (κ1) is 13.9. The molecule has 3 heteroatoms. The summed E-state index contributed by atoms with van der Waals surface area (Å²) in [6, 6.07) is 0.682. The quantitative estimate of drug-likeness (QED) is 0.763. The van der Waals surface area contributed by atoms with Crippen LogP contribution >= 0.6 is 0 Å². The van der Waals surface area contributed by atoms with Crippen molar-refractivity contribution in [1.29, 1.82) is 0 Å². The summed E-state index contributed by atoms with van der Waals surface area (Å²) in [7, 11) is 0. The predicted molar refractivity (Wildman–Crippen MR) is 74.1 cm³/mol. The molecular weight excluding hydrogens is 224 g/mol. The summed E-state index contributed by atoms with van der Waals surface area (Å²) in [5.74, 6) is 1.20. The number of amides is 1. The number of hydrogen-bond acceptors (Lipinski definition) is 2. The van der Waals surface area contributed by atoms with Gasteiger partial charge in [-0.3, -0.25) is 4.79 Å². The highest BCUT2D eigenvalue weighted by Gasteiger charge is 2.32. The Labute approximate surface area is 111 Å². The van der Waals surface area contributed by atoms with Gasteiger partial charge in [-0.05, 0) is 44.4 Å². The van der Waals surface area contributed by atoms with Crippen LogP contribution in [0, 0.1) is 11.8 Å². The zero-order valence-corrected chi connectivity index (χ0v) is 11.7.